The Morgan fingerprint density at radius 2 is 2.36 bits per heavy atom. The molecule has 2 N–H and O–H groups in total. The van der Waals surface area contributed by atoms with E-state index in [0.717, 1.165) is 12.4 Å². The minimum atomic E-state index is 0.508. The topological polar surface area (TPSA) is 35.9 Å². The van der Waals surface area contributed by atoms with Gasteiger partial charge in [-0.1, -0.05) is 20.3 Å². The molecule has 0 bridgehead atoms. The van der Waals surface area contributed by atoms with E-state index in [1.807, 2.05) is 0 Å². The normalized spacial score (nSPS) is 31.6. The quantitative estimate of drug-likeness (QED) is 0.627. The number of rotatable bonds is 2. The lowest BCUT2D eigenvalue weighted by Crippen LogP contribution is -2.40. The minimum absolute atomic E-state index is 0.508. The molecular weight excluding hydrogens is 136 g/mol. The zero-order chi connectivity index (χ0) is 8.27. The number of hydrogen-bond donors (Lipinski definition) is 2. The fourth-order valence-electron chi connectivity index (χ4n) is 1.79. The Morgan fingerprint density at radius 3 is 2.91 bits per heavy atom. The Hall–Kier alpha value is -0.530. The third kappa shape index (κ3) is 1.95. The second-order valence-corrected chi connectivity index (χ2v) is 3.50. The summed E-state index contributed by atoms with van der Waals surface area (Å²) < 4.78 is 0. The molecule has 0 aromatic heterocycles. The van der Waals surface area contributed by atoms with Crippen molar-refractivity contribution in [2.45, 2.75) is 33.1 Å². The van der Waals surface area contributed by atoms with E-state index in [9.17, 15) is 0 Å². The summed E-state index contributed by atoms with van der Waals surface area (Å²) in [7, 11) is 0. The third-order valence-electron chi connectivity index (χ3n) is 2.57. The number of nitrogens with one attached hydrogen (secondary N) is 2. The molecule has 2 nitrogen and oxygen atoms in total. The summed E-state index contributed by atoms with van der Waals surface area (Å²) in [5.41, 5.74) is 0. The van der Waals surface area contributed by atoms with Crippen molar-refractivity contribution in [3.63, 3.8) is 0 Å². The molecule has 1 aliphatic rings. The van der Waals surface area contributed by atoms with E-state index in [1.165, 1.54) is 19.3 Å². The van der Waals surface area contributed by atoms with Crippen molar-refractivity contribution in [2.75, 3.05) is 6.54 Å². The maximum Gasteiger partial charge on any atom is 0.0965 e. The van der Waals surface area contributed by atoms with E-state index < -0.39 is 0 Å². The molecule has 0 aromatic rings. The van der Waals surface area contributed by atoms with Gasteiger partial charge in [-0.3, -0.25) is 5.41 Å². The van der Waals surface area contributed by atoms with Crippen molar-refractivity contribution in [3.05, 3.63) is 0 Å². The van der Waals surface area contributed by atoms with Gasteiger partial charge in [-0.25, -0.2) is 0 Å². The molecule has 11 heavy (non-hydrogen) atoms. The number of hydrogen-bond acceptors (Lipinski definition) is 1. The average molecular weight is 154 g/mol. The molecule has 2 atom stereocenters. The predicted molar refractivity (Wildman–Crippen MR) is 47.9 cm³/mol. The molecule has 0 saturated carbocycles. The molecule has 64 valence electrons. The van der Waals surface area contributed by atoms with E-state index in [4.69, 9.17) is 5.41 Å². The molecular formula is C9H18N2. The van der Waals surface area contributed by atoms with Gasteiger partial charge in [-0.15, -0.1) is 0 Å². The molecule has 0 spiro atoms. The highest BCUT2D eigenvalue weighted by Crippen LogP contribution is 2.23. The van der Waals surface area contributed by atoms with E-state index in [-0.39, 0.29) is 0 Å². The Balaban J connectivity index is 2.48. The molecule has 1 fully saturated rings. The van der Waals surface area contributed by atoms with Gasteiger partial charge in [-0.2, -0.15) is 0 Å². The second-order valence-electron chi connectivity index (χ2n) is 3.50. The van der Waals surface area contributed by atoms with Crippen LogP contribution in [0.25, 0.3) is 0 Å². The van der Waals surface area contributed by atoms with Gasteiger partial charge in [0.25, 0.3) is 0 Å². The summed E-state index contributed by atoms with van der Waals surface area (Å²) >= 11 is 0. The number of amidine groups is 1. The van der Waals surface area contributed by atoms with Crippen molar-refractivity contribution in [1.82, 2.24) is 5.32 Å². The van der Waals surface area contributed by atoms with E-state index in [2.05, 4.69) is 19.2 Å². The van der Waals surface area contributed by atoms with Gasteiger partial charge in [0.1, 0.15) is 0 Å². The van der Waals surface area contributed by atoms with Crippen LogP contribution >= 0.6 is 0 Å². The summed E-state index contributed by atoms with van der Waals surface area (Å²) in [6.07, 6.45) is 3.60. The molecule has 2 unspecified atom stereocenters. The van der Waals surface area contributed by atoms with Crippen LogP contribution in [0.4, 0.5) is 0 Å². The number of piperidine rings is 1. The Bertz CT molecular complexity index is 142. The lowest BCUT2D eigenvalue weighted by atomic mass is 9.84. The molecule has 1 rings (SSSR count). The zero-order valence-electron chi connectivity index (χ0n) is 7.48. The maximum atomic E-state index is 7.67. The van der Waals surface area contributed by atoms with Crippen LogP contribution in [0, 0.1) is 17.2 Å². The van der Waals surface area contributed by atoms with Crippen molar-refractivity contribution < 1.29 is 0 Å². The first-order valence-corrected chi connectivity index (χ1v) is 4.58. The van der Waals surface area contributed by atoms with Crippen molar-refractivity contribution >= 4 is 5.84 Å². The third-order valence-corrected chi connectivity index (χ3v) is 2.57. The summed E-state index contributed by atoms with van der Waals surface area (Å²) in [5, 5.41) is 10.8. The summed E-state index contributed by atoms with van der Waals surface area (Å²) in [6, 6.07) is 0. The van der Waals surface area contributed by atoms with E-state index >= 15 is 0 Å². The standard InChI is InChI=1S/C9H18N2/c1-3-4-8-7(2)5-6-11-9(8)10/h7-8H,3-6H2,1-2H3,(H2,10,11). The predicted octanol–water partition coefficient (Wildman–Crippen LogP) is 2.01. The molecule has 0 amide bonds. The average Bonchev–Trinajstić information content (AvgIpc) is 1.97. The van der Waals surface area contributed by atoms with Crippen molar-refractivity contribution in [3.8, 4) is 0 Å². The molecule has 0 aliphatic carbocycles. The van der Waals surface area contributed by atoms with Crippen LogP contribution in [0.3, 0.4) is 0 Å². The molecule has 1 aliphatic heterocycles. The van der Waals surface area contributed by atoms with E-state index in [1.54, 1.807) is 0 Å². The Kier molecular flexibility index (Phi) is 2.92. The second kappa shape index (κ2) is 3.74. The monoisotopic (exact) mass is 154 g/mol. The maximum absolute atomic E-state index is 7.67. The summed E-state index contributed by atoms with van der Waals surface area (Å²) in [5.74, 6) is 1.99. The van der Waals surface area contributed by atoms with Crippen LogP contribution in [0.2, 0.25) is 0 Å². The summed E-state index contributed by atoms with van der Waals surface area (Å²) in [6.45, 7) is 5.45. The van der Waals surface area contributed by atoms with E-state index in [0.29, 0.717) is 11.8 Å². The molecule has 1 heterocycles. The smallest absolute Gasteiger partial charge is 0.0965 e. The minimum Gasteiger partial charge on any atom is -0.374 e. The largest absolute Gasteiger partial charge is 0.374 e. The Morgan fingerprint density at radius 1 is 1.64 bits per heavy atom. The van der Waals surface area contributed by atoms with Gasteiger partial charge >= 0.3 is 0 Å². The highest BCUT2D eigenvalue weighted by molar-refractivity contribution is 5.82. The fraction of sp³-hybridized carbons (Fsp3) is 0.889. The van der Waals surface area contributed by atoms with Gasteiger partial charge in [0.15, 0.2) is 0 Å². The van der Waals surface area contributed by atoms with Gasteiger partial charge in [0.2, 0.25) is 0 Å². The van der Waals surface area contributed by atoms with Crippen LogP contribution in [0.15, 0.2) is 0 Å². The van der Waals surface area contributed by atoms with Gasteiger partial charge < -0.3 is 5.32 Å². The molecule has 0 aromatic carbocycles. The van der Waals surface area contributed by atoms with Crippen LogP contribution < -0.4 is 5.32 Å². The fourth-order valence-corrected chi connectivity index (χ4v) is 1.79. The van der Waals surface area contributed by atoms with Gasteiger partial charge in [-0.05, 0) is 18.8 Å². The van der Waals surface area contributed by atoms with Crippen LogP contribution in [0.1, 0.15) is 33.1 Å². The molecule has 2 heteroatoms. The first-order valence-electron chi connectivity index (χ1n) is 4.58. The first kappa shape index (κ1) is 8.57. The SMILES string of the molecule is CCCC1C(=N)NCCC1C. The highest BCUT2D eigenvalue weighted by atomic mass is 15.0. The highest BCUT2D eigenvalue weighted by Gasteiger charge is 2.24. The van der Waals surface area contributed by atoms with Crippen LogP contribution in [0.5, 0.6) is 0 Å². The molecule has 1 saturated heterocycles. The lowest BCUT2D eigenvalue weighted by molar-refractivity contribution is 0.361. The van der Waals surface area contributed by atoms with Gasteiger partial charge in [0.05, 0.1) is 5.84 Å². The lowest BCUT2D eigenvalue weighted by Gasteiger charge is -2.30. The summed E-state index contributed by atoms with van der Waals surface area (Å²) in [4.78, 5) is 0. The molecule has 0 radical (unpaired) electrons. The van der Waals surface area contributed by atoms with Crippen molar-refractivity contribution in [1.29, 1.82) is 5.41 Å². The van der Waals surface area contributed by atoms with Crippen LogP contribution in [-0.4, -0.2) is 12.4 Å². The first-order chi connectivity index (χ1) is 5.25. The van der Waals surface area contributed by atoms with Crippen LogP contribution in [-0.2, 0) is 0 Å². The zero-order valence-corrected chi connectivity index (χ0v) is 7.48. The Labute approximate surface area is 68.9 Å². The van der Waals surface area contributed by atoms with Crippen molar-refractivity contribution in [2.24, 2.45) is 11.8 Å². The van der Waals surface area contributed by atoms with Gasteiger partial charge in [0, 0.05) is 12.5 Å².